The van der Waals surface area contributed by atoms with Crippen molar-refractivity contribution in [3.05, 3.63) is 182 Å². The normalized spacial score (nSPS) is 11.7. The molecule has 6 aromatic rings. The Morgan fingerprint density at radius 1 is 0.227 bits per heavy atom. The predicted molar refractivity (Wildman–Crippen MR) is 196 cm³/mol. The molecule has 0 bridgehead atoms. The average molecular weight is 784 g/mol. The van der Waals surface area contributed by atoms with E-state index in [4.69, 9.17) is 0 Å². The number of unbranched alkanes of at least 4 members (excludes halogenated alkanes) is 3. The van der Waals surface area contributed by atoms with E-state index in [2.05, 4.69) is 182 Å². The maximum atomic E-state index is 2.42. The molecular formula is C42H42Sn2. The fraction of sp³-hybridized carbons (Fsp3) is 0.143. The van der Waals surface area contributed by atoms with E-state index in [1.54, 1.807) is 21.5 Å². The van der Waals surface area contributed by atoms with Gasteiger partial charge in [0.05, 0.1) is 0 Å². The van der Waals surface area contributed by atoms with E-state index in [-0.39, 0.29) is 0 Å². The molecule has 0 nitrogen and oxygen atoms in total. The Morgan fingerprint density at radius 2 is 0.409 bits per heavy atom. The van der Waals surface area contributed by atoms with E-state index in [0.29, 0.717) is 0 Å². The minimum atomic E-state index is -3.19. The van der Waals surface area contributed by atoms with Crippen LogP contribution in [-0.4, -0.2) is 36.8 Å². The number of rotatable bonds is 13. The predicted octanol–water partition coefficient (Wildman–Crippen LogP) is 6.89. The van der Waals surface area contributed by atoms with Crippen molar-refractivity contribution in [1.29, 1.82) is 0 Å². The summed E-state index contributed by atoms with van der Waals surface area (Å²) >= 11 is -6.38. The van der Waals surface area contributed by atoms with Gasteiger partial charge in [-0.15, -0.1) is 0 Å². The van der Waals surface area contributed by atoms with E-state index in [1.807, 2.05) is 0 Å². The van der Waals surface area contributed by atoms with Crippen LogP contribution >= 0.6 is 0 Å². The molecule has 0 heterocycles. The van der Waals surface area contributed by atoms with Gasteiger partial charge in [-0.05, 0) is 0 Å². The van der Waals surface area contributed by atoms with Gasteiger partial charge >= 0.3 is 275 Å². The second-order valence-corrected chi connectivity index (χ2v) is 35.0. The third-order valence-electron chi connectivity index (χ3n) is 9.45. The summed E-state index contributed by atoms with van der Waals surface area (Å²) in [6, 6.07) is 68.9. The van der Waals surface area contributed by atoms with Crippen molar-refractivity contribution in [3.63, 3.8) is 0 Å². The topological polar surface area (TPSA) is 0 Å². The molecule has 6 rings (SSSR count). The van der Waals surface area contributed by atoms with Crippen molar-refractivity contribution in [3.8, 4) is 0 Å². The van der Waals surface area contributed by atoms with E-state index in [9.17, 15) is 0 Å². The molecule has 0 spiro atoms. The number of hydrogen-bond acceptors (Lipinski definition) is 0. The summed E-state index contributed by atoms with van der Waals surface area (Å²) in [5, 5.41) is 0. The van der Waals surface area contributed by atoms with Crippen molar-refractivity contribution in [2.75, 3.05) is 0 Å². The molecule has 0 amide bonds. The Hall–Kier alpha value is -3.08. The van der Waals surface area contributed by atoms with Crippen LogP contribution in [0.15, 0.2) is 182 Å². The van der Waals surface area contributed by atoms with E-state index < -0.39 is 36.8 Å². The molecule has 0 N–H and O–H groups in total. The quantitative estimate of drug-likeness (QED) is 0.0886. The van der Waals surface area contributed by atoms with Gasteiger partial charge in [-0.2, -0.15) is 0 Å². The van der Waals surface area contributed by atoms with Gasteiger partial charge < -0.3 is 0 Å². The van der Waals surface area contributed by atoms with Crippen LogP contribution in [0.3, 0.4) is 0 Å². The fourth-order valence-electron chi connectivity index (χ4n) is 7.34. The molecule has 2 heteroatoms. The second kappa shape index (κ2) is 15.3. The van der Waals surface area contributed by atoms with Crippen LogP contribution < -0.4 is 21.5 Å². The van der Waals surface area contributed by atoms with Crippen LogP contribution in [0.25, 0.3) is 0 Å². The molecule has 6 aromatic carbocycles. The first-order valence-electron chi connectivity index (χ1n) is 16.2. The fourth-order valence-corrected chi connectivity index (χ4v) is 35.5. The number of hydrogen-bond donors (Lipinski definition) is 0. The molecule has 0 saturated heterocycles. The zero-order valence-electron chi connectivity index (χ0n) is 25.6. The second-order valence-electron chi connectivity index (χ2n) is 11.9. The van der Waals surface area contributed by atoms with Gasteiger partial charge in [-0.25, -0.2) is 0 Å². The molecule has 218 valence electrons. The van der Waals surface area contributed by atoms with Crippen LogP contribution in [0.1, 0.15) is 25.7 Å². The average Bonchev–Trinajstić information content (AvgIpc) is 3.12. The zero-order valence-corrected chi connectivity index (χ0v) is 31.3. The van der Waals surface area contributed by atoms with Gasteiger partial charge in [0.1, 0.15) is 0 Å². The summed E-state index contributed by atoms with van der Waals surface area (Å²) in [5.74, 6) is 0. The molecule has 0 aliphatic carbocycles. The molecule has 44 heavy (non-hydrogen) atoms. The first-order chi connectivity index (χ1) is 21.8. The summed E-state index contributed by atoms with van der Waals surface area (Å²) in [6.07, 6.45) is 5.12. The Kier molecular flexibility index (Phi) is 10.7. The summed E-state index contributed by atoms with van der Waals surface area (Å²) < 4.78 is 12.1. The van der Waals surface area contributed by atoms with Gasteiger partial charge in [-0.1, -0.05) is 0 Å². The van der Waals surface area contributed by atoms with E-state index in [0.717, 1.165) is 0 Å². The molecular weight excluding hydrogens is 742 g/mol. The summed E-state index contributed by atoms with van der Waals surface area (Å²) in [6.45, 7) is 0. The Labute approximate surface area is 272 Å². The Morgan fingerprint density at radius 3 is 0.591 bits per heavy atom. The standard InChI is InChI=1S/6C6H5.C6H12.2Sn/c6*1-2-4-6-5-3-1;1-3-5-6-4-2;;/h6*1-5H;1-6H2;;. The van der Waals surface area contributed by atoms with Crippen molar-refractivity contribution in [2.24, 2.45) is 0 Å². The van der Waals surface area contributed by atoms with Crippen molar-refractivity contribution in [1.82, 2.24) is 0 Å². The summed E-state index contributed by atoms with van der Waals surface area (Å²) in [7, 11) is 0. The van der Waals surface area contributed by atoms with E-state index in [1.165, 1.54) is 34.6 Å². The van der Waals surface area contributed by atoms with Crippen LogP contribution in [0.5, 0.6) is 0 Å². The Bertz CT molecular complexity index is 1350. The van der Waals surface area contributed by atoms with Crippen molar-refractivity contribution < 1.29 is 0 Å². The van der Waals surface area contributed by atoms with Crippen molar-refractivity contribution >= 4 is 58.2 Å². The molecule has 0 aromatic heterocycles. The van der Waals surface area contributed by atoms with Crippen LogP contribution in [0.2, 0.25) is 8.87 Å². The van der Waals surface area contributed by atoms with Gasteiger partial charge in [0.25, 0.3) is 0 Å². The molecule has 0 unspecified atom stereocenters. The first-order valence-corrected chi connectivity index (χ1v) is 28.8. The molecule has 0 fully saturated rings. The molecule has 0 radical (unpaired) electrons. The first kappa shape index (κ1) is 30.9. The monoisotopic (exact) mass is 786 g/mol. The molecule has 0 aliphatic heterocycles. The third-order valence-corrected chi connectivity index (χ3v) is 38.3. The van der Waals surface area contributed by atoms with Gasteiger partial charge in [0, 0.05) is 0 Å². The number of benzene rings is 6. The third kappa shape index (κ3) is 6.62. The van der Waals surface area contributed by atoms with Gasteiger partial charge in [-0.3, -0.25) is 0 Å². The van der Waals surface area contributed by atoms with Crippen LogP contribution in [-0.2, 0) is 0 Å². The van der Waals surface area contributed by atoms with E-state index >= 15 is 0 Å². The summed E-state index contributed by atoms with van der Waals surface area (Å²) in [5.41, 5.74) is 0. The van der Waals surface area contributed by atoms with Crippen molar-refractivity contribution in [2.45, 2.75) is 34.6 Å². The Balaban J connectivity index is 1.26. The molecule has 0 aliphatic rings. The summed E-state index contributed by atoms with van der Waals surface area (Å²) in [4.78, 5) is 0. The SMILES string of the molecule is c1cc[c]([Sn]([CH2]CCCC[CH2][Sn]([c]2ccccc2)([c]2ccccc2)[c]2ccccc2)([c]2ccccc2)[c]2ccccc2)cc1. The molecule has 0 saturated carbocycles. The molecule has 0 atom stereocenters. The zero-order chi connectivity index (χ0) is 29.9. The van der Waals surface area contributed by atoms with Gasteiger partial charge in [0.15, 0.2) is 0 Å². The van der Waals surface area contributed by atoms with Crippen LogP contribution in [0.4, 0.5) is 0 Å². The van der Waals surface area contributed by atoms with Gasteiger partial charge in [0.2, 0.25) is 0 Å². The maximum absolute atomic E-state index is 3.19. The minimum absolute atomic E-state index is 1.28. The van der Waals surface area contributed by atoms with Crippen LogP contribution in [0, 0.1) is 0 Å².